The second-order valence-electron chi connectivity index (χ2n) is 4.87. The van der Waals surface area contributed by atoms with Crippen molar-refractivity contribution in [2.24, 2.45) is 5.73 Å². The van der Waals surface area contributed by atoms with Crippen LogP contribution in [-0.4, -0.2) is 6.04 Å². The molecular formula is C16H17F2N. The lowest BCUT2D eigenvalue weighted by Crippen LogP contribution is -2.26. The van der Waals surface area contributed by atoms with Crippen molar-refractivity contribution in [3.05, 3.63) is 70.8 Å². The van der Waals surface area contributed by atoms with Crippen LogP contribution in [0.4, 0.5) is 8.78 Å². The number of aryl methyl sites for hydroxylation is 1. The molecule has 0 aliphatic carbocycles. The van der Waals surface area contributed by atoms with E-state index < -0.39 is 0 Å². The molecule has 2 N–H and O–H groups in total. The Labute approximate surface area is 112 Å². The van der Waals surface area contributed by atoms with Gasteiger partial charge in [0.2, 0.25) is 0 Å². The van der Waals surface area contributed by atoms with Crippen molar-refractivity contribution < 1.29 is 8.78 Å². The SMILES string of the molecule is Cc1ccc(F)cc1CC(N)Cc1ccc(F)cc1. The molecule has 0 aliphatic heterocycles. The standard InChI is InChI=1S/C16H17F2N/c1-11-2-5-15(18)9-13(11)10-16(19)8-12-3-6-14(17)7-4-12/h2-7,9,16H,8,10,19H2,1H3. The van der Waals surface area contributed by atoms with Gasteiger partial charge in [-0.05, 0) is 60.7 Å². The first-order valence-electron chi connectivity index (χ1n) is 6.29. The second-order valence-corrected chi connectivity index (χ2v) is 4.87. The number of benzene rings is 2. The van der Waals surface area contributed by atoms with Crippen molar-refractivity contribution in [2.45, 2.75) is 25.8 Å². The van der Waals surface area contributed by atoms with Crippen LogP contribution in [0.25, 0.3) is 0 Å². The van der Waals surface area contributed by atoms with Gasteiger partial charge < -0.3 is 5.73 Å². The predicted octanol–water partition coefficient (Wildman–Crippen LogP) is 3.39. The van der Waals surface area contributed by atoms with Crippen LogP contribution in [0.5, 0.6) is 0 Å². The predicted molar refractivity (Wildman–Crippen MR) is 72.9 cm³/mol. The first-order chi connectivity index (χ1) is 9.04. The third-order valence-corrected chi connectivity index (χ3v) is 3.20. The molecule has 100 valence electrons. The molecule has 0 bridgehead atoms. The van der Waals surface area contributed by atoms with Crippen LogP contribution >= 0.6 is 0 Å². The van der Waals surface area contributed by atoms with Gasteiger partial charge in [-0.2, -0.15) is 0 Å². The van der Waals surface area contributed by atoms with Crippen LogP contribution in [0.3, 0.4) is 0 Å². The highest BCUT2D eigenvalue weighted by Crippen LogP contribution is 2.14. The van der Waals surface area contributed by atoms with Gasteiger partial charge in [-0.3, -0.25) is 0 Å². The van der Waals surface area contributed by atoms with E-state index in [-0.39, 0.29) is 17.7 Å². The zero-order valence-electron chi connectivity index (χ0n) is 10.9. The van der Waals surface area contributed by atoms with Gasteiger partial charge in [0.1, 0.15) is 11.6 Å². The van der Waals surface area contributed by atoms with E-state index in [1.807, 2.05) is 6.92 Å². The highest BCUT2D eigenvalue weighted by atomic mass is 19.1. The lowest BCUT2D eigenvalue weighted by atomic mass is 9.97. The molecule has 0 saturated heterocycles. The lowest BCUT2D eigenvalue weighted by Gasteiger charge is -2.13. The van der Waals surface area contributed by atoms with E-state index in [4.69, 9.17) is 5.73 Å². The minimum Gasteiger partial charge on any atom is -0.327 e. The Morgan fingerprint density at radius 3 is 2.26 bits per heavy atom. The summed E-state index contributed by atoms with van der Waals surface area (Å²) in [6, 6.07) is 10.9. The van der Waals surface area contributed by atoms with Crippen LogP contribution in [0.1, 0.15) is 16.7 Å². The molecule has 3 heteroatoms. The Kier molecular flexibility index (Phi) is 4.27. The summed E-state index contributed by atoms with van der Waals surface area (Å²) in [6.07, 6.45) is 1.26. The fraction of sp³-hybridized carbons (Fsp3) is 0.250. The number of hydrogen-bond donors (Lipinski definition) is 1. The Balaban J connectivity index is 2.02. The van der Waals surface area contributed by atoms with E-state index in [9.17, 15) is 8.78 Å². The van der Waals surface area contributed by atoms with Gasteiger partial charge in [-0.15, -0.1) is 0 Å². The third kappa shape index (κ3) is 3.86. The maximum absolute atomic E-state index is 13.2. The maximum Gasteiger partial charge on any atom is 0.123 e. The van der Waals surface area contributed by atoms with Gasteiger partial charge in [-0.25, -0.2) is 8.78 Å². The first-order valence-corrected chi connectivity index (χ1v) is 6.29. The van der Waals surface area contributed by atoms with Crippen molar-refractivity contribution in [3.63, 3.8) is 0 Å². The minimum atomic E-state index is -0.252. The summed E-state index contributed by atoms with van der Waals surface area (Å²) in [6.45, 7) is 1.94. The largest absolute Gasteiger partial charge is 0.327 e. The van der Waals surface area contributed by atoms with Crippen LogP contribution in [0.2, 0.25) is 0 Å². The normalized spacial score (nSPS) is 12.4. The molecule has 0 spiro atoms. The van der Waals surface area contributed by atoms with Crippen LogP contribution in [-0.2, 0) is 12.8 Å². The summed E-state index contributed by atoms with van der Waals surface area (Å²) in [7, 11) is 0. The van der Waals surface area contributed by atoms with Crippen LogP contribution in [0, 0.1) is 18.6 Å². The monoisotopic (exact) mass is 261 g/mol. The van der Waals surface area contributed by atoms with Gasteiger partial charge in [-0.1, -0.05) is 18.2 Å². The molecule has 1 nitrogen and oxygen atoms in total. The molecule has 0 aliphatic rings. The number of rotatable bonds is 4. The van der Waals surface area contributed by atoms with E-state index >= 15 is 0 Å². The summed E-state index contributed by atoms with van der Waals surface area (Å²) in [5.41, 5.74) is 9.03. The molecule has 2 aromatic carbocycles. The maximum atomic E-state index is 13.2. The second kappa shape index (κ2) is 5.93. The summed E-state index contributed by atoms with van der Waals surface area (Å²) in [4.78, 5) is 0. The molecule has 1 unspecified atom stereocenters. The Morgan fingerprint density at radius 1 is 0.947 bits per heavy atom. The zero-order chi connectivity index (χ0) is 13.8. The van der Waals surface area contributed by atoms with E-state index in [2.05, 4.69) is 0 Å². The molecule has 0 amide bonds. The highest BCUT2D eigenvalue weighted by Gasteiger charge is 2.08. The molecule has 1 atom stereocenters. The Bertz CT molecular complexity index is 549. The number of hydrogen-bond acceptors (Lipinski definition) is 1. The molecule has 19 heavy (non-hydrogen) atoms. The highest BCUT2D eigenvalue weighted by molar-refractivity contribution is 5.28. The molecule has 0 fully saturated rings. The third-order valence-electron chi connectivity index (χ3n) is 3.20. The minimum absolute atomic E-state index is 0.106. The fourth-order valence-corrected chi connectivity index (χ4v) is 2.14. The van der Waals surface area contributed by atoms with Gasteiger partial charge in [0.15, 0.2) is 0 Å². The van der Waals surface area contributed by atoms with Crippen molar-refractivity contribution >= 4 is 0 Å². The summed E-state index contributed by atoms with van der Waals surface area (Å²) in [5, 5.41) is 0. The quantitative estimate of drug-likeness (QED) is 0.897. The van der Waals surface area contributed by atoms with Crippen molar-refractivity contribution in [2.75, 3.05) is 0 Å². The Morgan fingerprint density at radius 2 is 1.58 bits per heavy atom. The van der Waals surface area contributed by atoms with E-state index in [1.54, 1.807) is 18.2 Å². The molecular weight excluding hydrogens is 244 g/mol. The summed E-state index contributed by atoms with van der Waals surface area (Å²) < 4.78 is 26.0. The summed E-state index contributed by atoms with van der Waals surface area (Å²) in [5.74, 6) is -0.493. The smallest absolute Gasteiger partial charge is 0.123 e. The number of halogens is 2. The van der Waals surface area contributed by atoms with Gasteiger partial charge in [0.25, 0.3) is 0 Å². The summed E-state index contributed by atoms with van der Waals surface area (Å²) >= 11 is 0. The van der Waals surface area contributed by atoms with Gasteiger partial charge >= 0.3 is 0 Å². The molecule has 2 aromatic rings. The van der Waals surface area contributed by atoms with Crippen molar-refractivity contribution in [1.29, 1.82) is 0 Å². The topological polar surface area (TPSA) is 26.0 Å². The van der Waals surface area contributed by atoms with E-state index in [1.165, 1.54) is 24.3 Å². The van der Waals surface area contributed by atoms with Crippen molar-refractivity contribution in [1.82, 2.24) is 0 Å². The zero-order valence-corrected chi connectivity index (χ0v) is 10.9. The fourth-order valence-electron chi connectivity index (χ4n) is 2.14. The molecule has 0 saturated carbocycles. The van der Waals surface area contributed by atoms with Crippen molar-refractivity contribution in [3.8, 4) is 0 Å². The van der Waals surface area contributed by atoms with Crippen LogP contribution in [0.15, 0.2) is 42.5 Å². The van der Waals surface area contributed by atoms with E-state index in [0.717, 1.165) is 16.7 Å². The van der Waals surface area contributed by atoms with E-state index in [0.29, 0.717) is 12.8 Å². The van der Waals surface area contributed by atoms with Gasteiger partial charge in [0, 0.05) is 6.04 Å². The Hall–Kier alpha value is -1.74. The average Bonchev–Trinajstić information content (AvgIpc) is 2.37. The average molecular weight is 261 g/mol. The van der Waals surface area contributed by atoms with Crippen LogP contribution < -0.4 is 5.73 Å². The lowest BCUT2D eigenvalue weighted by molar-refractivity contribution is 0.614. The molecule has 0 heterocycles. The number of nitrogens with two attached hydrogens (primary N) is 1. The molecule has 0 aromatic heterocycles. The first kappa shape index (κ1) is 13.7. The molecule has 0 radical (unpaired) electrons. The van der Waals surface area contributed by atoms with Gasteiger partial charge in [0.05, 0.1) is 0 Å². The molecule has 2 rings (SSSR count).